The minimum Gasteiger partial charge on any atom is -0.309 e. The molecule has 2 rings (SSSR count). The molecule has 4 nitrogen and oxygen atoms in total. The van der Waals surface area contributed by atoms with Crippen LogP contribution in [0.5, 0.6) is 0 Å². The van der Waals surface area contributed by atoms with Gasteiger partial charge in [0.1, 0.15) is 4.21 Å². The van der Waals surface area contributed by atoms with Crippen LogP contribution in [0.3, 0.4) is 0 Å². The van der Waals surface area contributed by atoms with Gasteiger partial charge < -0.3 is 5.32 Å². The lowest BCUT2D eigenvalue weighted by atomic mass is 10.3. The highest BCUT2D eigenvalue weighted by Crippen LogP contribution is 2.29. The van der Waals surface area contributed by atoms with Gasteiger partial charge in [0.15, 0.2) is 0 Å². The zero-order valence-electron chi connectivity index (χ0n) is 11.4. The number of thiophene rings is 1. The summed E-state index contributed by atoms with van der Waals surface area (Å²) in [4.78, 5) is 0.945. The van der Waals surface area contributed by atoms with Crippen molar-refractivity contribution in [3.8, 4) is 0 Å². The lowest BCUT2D eigenvalue weighted by Gasteiger charge is -2.14. The molecule has 20 heavy (non-hydrogen) atoms. The monoisotopic (exact) mass is 324 g/mol. The number of rotatable bonds is 7. The van der Waals surface area contributed by atoms with E-state index in [0.717, 1.165) is 34.6 Å². The van der Waals surface area contributed by atoms with Crippen LogP contribution in [-0.2, 0) is 16.6 Å². The number of sulfonamides is 1. The fourth-order valence-electron chi connectivity index (χ4n) is 1.76. The maximum atomic E-state index is 12.3. The molecule has 114 valence electrons. The van der Waals surface area contributed by atoms with Gasteiger partial charge in [-0.05, 0) is 31.4 Å². The summed E-state index contributed by atoms with van der Waals surface area (Å²) < 4.78 is 49.8. The number of nitrogens with zero attached hydrogens (tertiary/aromatic N) is 1. The van der Waals surface area contributed by atoms with Crippen LogP contribution >= 0.6 is 11.3 Å². The van der Waals surface area contributed by atoms with Gasteiger partial charge in [-0.25, -0.2) is 17.2 Å². The van der Waals surface area contributed by atoms with Crippen molar-refractivity contribution in [2.24, 2.45) is 0 Å². The Morgan fingerprint density at radius 3 is 2.70 bits per heavy atom. The minimum absolute atomic E-state index is 0.130. The summed E-state index contributed by atoms with van der Waals surface area (Å²) in [6.07, 6.45) is -0.355. The second-order valence-electron chi connectivity index (χ2n) is 5.00. The summed E-state index contributed by atoms with van der Waals surface area (Å²) in [5.41, 5.74) is 0.882. The van der Waals surface area contributed by atoms with Gasteiger partial charge in [-0.1, -0.05) is 0 Å². The normalized spacial score (nSPS) is 16.3. The third kappa shape index (κ3) is 3.75. The van der Waals surface area contributed by atoms with E-state index in [0.29, 0.717) is 16.9 Å². The molecule has 0 bridgehead atoms. The lowest BCUT2D eigenvalue weighted by molar-refractivity contribution is 0.126. The summed E-state index contributed by atoms with van der Waals surface area (Å²) in [5.74, 6) is 0. The molecule has 1 N–H and O–H groups in total. The summed E-state index contributed by atoms with van der Waals surface area (Å²) in [7, 11) is -2.64. The van der Waals surface area contributed by atoms with E-state index in [4.69, 9.17) is 0 Å². The summed E-state index contributed by atoms with van der Waals surface area (Å²) in [5, 5.41) is 3.32. The first-order valence-electron chi connectivity index (χ1n) is 6.38. The van der Waals surface area contributed by atoms with Crippen LogP contribution in [0.1, 0.15) is 23.3 Å². The molecule has 8 heteroatoms. The van der Waals surface area contributed by atoms with Gasteiger partial charge in [0.2, 0.25) is 0 Å². The van der Waals surface area contributed by atoms with Crippen molar-refractivity contribution in [2.45, 2.75) is 43.0 Å². The van der Waals surface area contributed by atoms with Gasteiger partial charge in [0, 0.05) is 24.5 Å². The van der Waals surface area contributed by atoms with Gasteiger partial charge in [-0.2, -0.15) is 4.31 Å². The van der Waals surface area contributed by atoms with Crippen LogP contribution in [0.2, 0.25) is 0 Å². The van der Waals surface area contributed by atoms with Crippen molar-refractivity contribution in [1.29, 1.82) is 0 Å². The molecule has 0 unspecified atom stereocenters. The number of nitrogens with one attached hydrogen (secondary N) is 1. The SMILES string of the molecule is Cc1cc(S(=O)(=O)N(C)CC(F)F)sc1CNC1CC1. The van der Waals surface area contributed by atoms with Crippen LogP contribution in [0.4, 0.5) is 8.78 Å². The molecule has 1 fully saturated rings. The van der Waals surface area contributed by atoms with Gasteiger partial charge >= 0.3 is 0 Å². The quantitative estimate of drug-likeness (QED) is 0.836. The smallest absolute Gasteiger partial charge is 0.252 e. The Balaban J connectivity index is 2.12. The van der Waals surface area contributed by atoms with Crippen molar-refractivity contribution in [3.05, 3.63) is 16.5 Å². The Morgan fingerprint density at radius 2 is 2.15 bits per heavy atom. The second-order valence-corrected chi connectivity index (χ2v) is 8.41. The third-order valence-corrected chi connectivity index (χ3v) is 6.70. The summed E-state index contributed by atoms with van der Waals surface area (Å²) in [6, 6.07) is 2.10. The summed E-state index contributed by atoms with van der Waals surface area (Å²) >= 11 is 1.15. The van der Waals surface area contributed by atoms with Gasteiger partial charge in [-0.15, -0.1) is 11.3 Å². The van der Waals surface area contributed by atoms with E-state index in [1.165, 1.54) is 7.05 Å². The molecule has 0 radical (unpaired) electrons. The number of alkyl halides is 2. The van der Waals surface area contributed by atoms with Crippen molar-refractivity contribution >= 4 is 21.4 Å². The maximum Gasteiger partial charge on any atom is 0.252 e. The molecule has 0 saturated heterocycles. The fourth-order valence-corrected chi connectivity index (χ4v) is 4.66. The number of hydrogen-bond acceptors (Lipinski definition) is 4. The van der Waals surface area contributed by atoms with Gasteiger partial charge in [-0.3, -0.25) is 0 Å². The Kier molecular flexibility index (Phi) is 4.78. The molecular weight excluding hydrogens is 306 g/mol. The standard InChI is InChI=1S/C12H18F2N2O2S2/c1-8-5-12(19-10(8)6-15-9-3-4-9)20(17,18)16(2)7-11(13)14/h5,9,11,15H,3-4,6-7H2,1-2H3. The Bertz CT molecular complexity index is 568. The zero-order valence-corrected chi connectivity index (χ0v) is 13.0. The molecule has 0 amide bonds. The van der Waals surface area contributed by atoms with Crippen LogP contribution < -0.4 is 5.32 Å². The largest absolute Gasteiger partial charge is 0.309 e. The van der Waals surface area contributed by atoms with Crippen LogP contribution in [0.25, 0.3) is 0 Å². The van der Waals surface area contributed by atoms with Crippen molar-refractivity contribution in [1.82, 2.24) is 9.62 Å². The topological polar surface area (TPSA) is 49.4 Å². The average molecular weight is 324 g/mol. The van der Waals surface area contributed by atoms with Crippen LogP contribution in [-0.4, -0.2) is 38.8 Å². The van der Waals surface area contributed by atoms with E-state index in [1.54, 1.807) is 6.07 Å². The van der Waals surface area contributed by atoms with E-state index >= 15 is 0 Å². The first-order valence-corrected chi connectivity index (χ1v) is 8.63. The minimum atomic E-state index is -3.81. The highest BCUT2D eigenvalue weighted by Gasteiger charge is 2.27. The molecule has 1 aromatic rings. The third-order valence-electron chi connectivity index (χ3n) is 3.19. The molecule has 0 aliphatic heterocycles. The number of aryl methyl sites for hydroxylation is 1. The van der Waals surface area contributed by atoms with E-state index in [2.05, 4.69) is 5.32 Å². The average Bonchev–Trinajstić information content (AvgIpc) is 3.09. The molecule has 1 heterocycles. The summed E-state index contributed by atoms with van der Waals surface area (Å²) in [6.45, 7) is 1.69. The first-order chi connectivity index (χ1) is 9.30. The molecule has 1 aliphatic rings. The van der Waals surface area contributed by atoms with Crippen molar-refractivity contribution in [3.63, 3.8) is 0 Å². The zero-order chi connectivity index (χ0) is 14.9. The van der Waals surface area contributed by atoms with Crippen molar-refractivity contribution < 1.29 is 17.2 Å². The predicted octanol–water partition coefficient (Wildman–Crippen LogP) is 2.19. The van der Waals surface area contributed by atoms with E-state index in [1.807, 2.05) is 6.92 Å². The molecule has 1 aromatic heterocycles. The Morgan fingerprint density at radius 1 is 1.50 bits per heavy atom. The molecule has 0 aromatic carbocycles. The maximum absolute atomic E-state index is 12.3. The van der Waals surface area contributed by atoms with Gasteiger partial charge in [0.25, 0.3) is 16.4 Å². The fraction of sp³-hybridized carbons (Fsp3) is 0.667. The second kappa shape index (κ2) is 6.05. The first kappa shape index (κ1) is 15.8. The van der Waals surface area contributed by atoms with Crippen LogP contribution in [0.15, 0.2) is 10.3 Å². The molecular formula is C12H18F2N2O2S2. The van der Waals surface area contributed by atoms with Gasteiger partial charge in [0.05, 0.1) is 6.54 Å². The van der Waals surface area contributed by atoms with E-state index in [9.17, 15) is 17.2 Å². The molecule has 0 spiro atoms. The number of hydrogen-bond donors (Lipinski definition) is 1. The molecule has 1 saturated carbocycles. The Hall–Kier alpha value is -0.570. The van der Waals surface area contributed by atoms with Crippen LogP contribution in [0, 0.1) is 6.92 Å². The van der Waals surface area contributed by atoms with Crippen molar-refractivity contribution in [2.75, 3.05) is 13.6 Å². The Labute approximate surface area is 121 Å². The molecule has 1 aliphatic carbocycles. The van der Waals surface area contributed by atoms with E-state index in [-0.39, 0.29) is 4.21 Å². The highest BCUT2D eigenvalue weighted by molar-refractivity contribution is 7.91. The highest BCUT2D eigenvalue weighted by atomic mass is 32.2. The van der Waals surface area contributed by atoms with E-state index < -0.39 is 23.0 Å². The predicted molar refractivity (Wildman–Crippen MR) is 74.7 cm³/mol. The molecule has 0 atom stereocenters. The lowest BCUT2D eigenvalue weighted by Crippen LogP contribution is -2.30. The number of halogens is 2.